The maximum Gasteiger partial charge on any atom is 0.243 e. The standard InChI is InChI=1S/C18H21FN2O2S2/c19-15-2-1-3-17(12-15)25(22,23)21-9-4-16(5-10-21)20-8-6-18-14(13-20)7-11-24-18/h1-3,7,11-12,16H,4-6,8-10,13H2. The molecule has 2 aliphatic heterocycles. The minimum Gasteiger partial charge on any atom is -0.296 e. The summed E-state index contributed by atoms with van der Waals surface area (Å²) in [7, 11) is -3.60. The van der Waals surface area contributed by atoms with Crippen LogP contribution in [0.3, 0.4) is 0 Å². The molecule has 0 amide bonds. The van der Waals surface area contributed by atoms with E-state index in [4.69, 9.17) is 0 Å². The van der Waals surface area contributed by atoms with Crippen LogP contribution < -0.4 is 0 Å². The normalized spacial score (nSPS) is 20.5. The van der Waals surface area contributed by atoms with Crippen molar-refractivity contribution in [1.29, 1.82) is 0 Å². The first-order chi connectivity index (χ1) is 12.0. The average molecular weight is 381 g/mol. The summed E-state index contributed by atoms with van der Waals surface area (Å²) in [4.78, 5) is 4.02. The van der Waals surface area contributed by atoms with Crippen LogP contribution in [0.1, 0.15) is 23.3 Å². The number of benzene rings is 1. The van der Waals surface area contributed by atoms with Gasteiger partial charge in [-0.15, -0.1) is 11.3 Å². The van der Waals surface area contributed by atoms with Gasteiger partial charge in [0, 0.05) is 37.1 Å². The van der Waals surface area contributed by atoms with Gasteiger partial charge in [-0.3, -0.25) is 4.90 Å². The predicted octanol–water partition coefficient (Wildman–Crippen LogP) is 3.10. The van der Waals surface area contributed by atoms with Crippen molar-refractivity contribution in [3.8, 4) is 0 Å². The van der Waals surface area contributed by atoms with Gasteiger partial charge in [-0.1, -0.05) is 6.07 Å². The van der Waals surface area contributed by atoms with Gasteiger partial charge in [0.2, 0.25) is 10.0 Å². The van der Waals surface area contributed by atoms with Gasteiger partial charge in [-0.25, -0.2) is 12.8 Å². The van der Waals surface area contributed by atoms with Crippen LogP contribution in [0.2, 0.25) is 0 Å². The molecule has 0 radical (unpaired) electrons. The summed E-state index contributed by atoms with van der Waals surface area (Å²) in [6.45, 7) is 3.02. The number of thiophene rings is 1. The smallest absolute Gasteiger partial charge is 0.243 e. The third kappa shape index (κ3) is 3.38. The van der Waals surface area contributed by atoms with Gasteiger partial charge < -0.3 is 0 Å². The van der Waals surface area contributed by atoms with Crippen LogP contribution in [-0.2, 0) is 23.0 Å². The zero-order chi connectivity index (χ0) is 17.4. The number of piperidine rings is 1. The predicted molar refractivity (Wildman–Crippen MR) is 96.6 cm³/mol. The molecule has 0 spiro atoms. The molecule has 134 valence electrons. The Morgan fingerprint density at radius 2 is 1.92 bits per heavy atom. The summed E-state index contributed by atoms with van der Waals surface area (Å²) in [6.07, 6.45) is 2.75. The molecule has 0 unspecified atom stereocenters. The van der Waals surface area contributed by atoms with Gasteiger partial charge in [0.1, 0.15) is 5.82 Å². The lowest BCUT2D eigenvalue weighted by atomic mass is 10.0. The lowest BCUT2D eigenvalue weighted by Gasteiger charge is -2.39. The molecule has 1 aromatic heterocycles. The number of hydrogen-bond acceptors (Lipinski definition) is 4. The number of nitrogens with zero attached hydrogens (tertiary/aromatic N) is 2. The Bertz CT molecular complexity index is 857. The van der Waals surface area contributed by atoms with E-state index in [0.29, 0.717) is 19.1 Å². The van der Waals surface area contributed by atoms with Crippen LogP contribution in [0.15, 0.2) is 40.6 Å². The molecule has 4 rings (SSSR count). The lowest BCUT2D eigenvalue weighted by molar-refractivity contribution is 0.127. The molecule has 25 heavy (non-hydrogen) atoms. The highest BCUT2D eigenvalue weighted by molar-refractivity contribution is 7.89. The first kappa shape index (κ1) is 17.1. The summed E-state index contributed by atoms with van der Waals surface area (Å²) in [5.41, 5.74) is 1.42. The number of halogens is 1. The van der Waals surface area contributed by atoms with Crippen LogP contribution in [0, 0.1) is 5.82 Å². The summed E-state index contributed by atoms with van der Waals surface area (Å²) in [6, 6.07) is 7.90. The Morgan fingerprint density at radius 3 is 2.68 bits per heavy atom. The monoisotopic (exact) mass is 380 g/mol. The molecule has 0 saturated carbocycles. The highest BCUT2D eigenvalue weighted by Crippen LogP contribution is 2.29. The maximum atomic E-state index is 13.4. The summed E-state index contributed by atoms with van der Waals surface area (Å²) < 4.78 is 40.3. The quantitative estimate of drug-likeness (QED) is 0.822. The fraction of sp³-hybridized carbons (Fsp3) is 0.444. The first-order valence-electron chi connectivity index (χ1n) is 8.59. The molecule has 2 aliphatic rings. The topological polar surface area (TPSA) is 40.6 Å². The maximum absolute atomic E-state index is 13.4. The molecule has 2 aromatic rings. The third-order valence-corrected chi connectivity index (χ3v) is 8.13. The number of fused-ring (bicyclic) bond motifs is 1. The number of hydrogen-bond donors (Lipinski definition) is 0. The van der Waals surface area contributed by atoms with E-state index < -0.39 is 15.8 Å². The van der Waals surface area contributed by atoms with Crippen molar-refractivity contribution < 1.29 is 12.8 Å². The first-order valence-corrected chi connectivity index (χ1v) is 10.9. The minimum atomic E-state index is -3.60. The Balaban J connectivity index is 1.42. The van der Waals surface area contributed by atoms with E-state index in [1.807, 2.05) is 11.3 Å². The molecule has 1 fully saturated rings. The molecule has 0 aliphatic carbocycles. The lowest BCUT2D eigenvalue weighted by Crippen LogP contribution is -2.47. The SMILES string of the molecule is O=S(=O)(c1cccc(F)c1)N1CCC(N2CCc3sccc3C2)CC1. The van der Waals surface area contributed by atoms with Crippen molar-refractivity contribution >= 4 is 21.4 Å². The van der Waals surface area contributed by atoms with Gasteiger partial charge in [0.15, 0.2) is 0 Å². The van der Waals surface area contributed by atoms with Crippen LogP contribution in [0.4, 0.5) is 4.39 Å². The van der Waals surface area contributed by atoms with Crippen molar-refractivity contribution in [2.24, 2.45) is 0 Å². The summed E-state index contributed by atoms with van der Waals surface area (Å²) in [5, 5.41) is 2.16. The molecule has 7 heteroatoms. The highest BCUT2D eigenvalue weighted by atomic mass is 32.2. The van der Waals surface area contributed by atoms with Gasteiger partial charge >= 0.3 is 0 Å². The Morgan fingerprint density at radius 1 is 1.12 bits per heavy atom. The van der Waals surface area contributed by atoms with Crippen molar-refractivity contribution in [2.75, 3.05) is 19.6 Å². The molecular weight excluding hydrogens is 359 g/mol. The Labute approximate surface area is 151 Å². The van der Waals surface area contributed by atoms with Gasteiger partial charge in [-0.05, 0) is 54.5 Å². The van der Waals surface area contributed by atoms with Crippen LogP contribution in [-0.4, -0.2) is 43.3 Å². The van der Waals surface area contributed by atoms with Crippen LogP contribution in [0.25, 0.3) is 0 Å². The fourth-order valence-electron chi connectivity index (χ4n) is 3.81. The van der Waals surface area contributed by atoms with Crippen molar-refractivity contribution in [3.05, 3.63) is 52.0 Å². The van der Waals surface area contributed by atoms with E-state index in [9.17, 15) is 12.8 Å². The zero-order valence-corrected chi connectivity index (χ0v) is 15.5. The van der Waals surface area contributed by atoms with Crippen LogP contribution >= 0.6 is 11.3 Å². The minimum absolute atomic E-state index is 0.0480. The van der Waals surface area contributed by atoms with Gasteiger partial charge in [-0.2, -0.15) is 4.31 Å². The van der Waals surface area contributed by atoms with E-state index >= 15 is 0 Å². The molecule has 1 aromatic carbocycles. The highest BCUT2D eigenvalue weighted by Gasteiger charge is 2.33. The molecule has 0 N–H and O–H groups in total. The second kappa shape index (κ2) is 6.79. The largest absolute Gasteiger partial charge is 0.296 e. The Kier molecular flexibility index (Phi) is 4.66. The van der Waals surface area contributed by atoms with E-state index in [1.165, 1.54) is 32.9 Å². The Hall–Kier alpha value is -1.28. The second-order valence-corrected chi connectivity index (χ2v) is 9.62. The third-order valence-electron chi connectivity index (χ3n) is 5.21. The summed E-state index contributed by atoms with van der Waals surface area (Å²) >= 11 is 1.83. The number of sulfonamides is 1. The average Bonchev–Trinajstić information content (AvgIpc) is 3.09. The summed E-state index contributed by atoms with van der Waals surface area (Å²) in [5.74, 6) is -0.518. The molecular formula is C18H21FN2O2S2. The molecule has 1 saturated heterocycles. The van der Waals surface area contributed by atoms with E-state index in [-0.39, 0.29) is 4.90 Å². The van der Waals surface area contributed by atoms with Crippen molar-refractivity contribution in [3.63, 3.8) is 0 Å². The molecule has 0 bridgehead atoms. The van der Waals surface area contributed by atoms with Crippen molar-refractivity contribution in [2.45, 2.75) is 36.7 Å². The molecule has 4 nitrogen and oxygen atoms in total. The van der Waals surface area contributed by atoms with Gasteiger partial charge in [0.05, 0.1) is 4.90 Å². The number of rotatable bonds is 3. The van der Waals surface area contributed by atoms with E-state index in [0.717, 1.165) is 38.4 Å². The van der Waals surface area contributed by atoms with E-state index in [2.05, 4.69) is 16.3 Å². The van der Waals surface area contributed by atoms with Crippen LogP contribution in [0.5, 0.6) is 0 Å². The second-order valence-electron chi connectivity index (χ2n) is 6.68. The van der Waals surface area contributed by atoms with Crippen molar-refractivity contribution in [1.82, 2.24) is 9.21 Å². The molecule has 3 heterocycles. The fourth-order valence-corrected chi connectivity index (χ4v) is 6.20. The van der Waals surface area contributed by atoms with Gasteiger partial charge in [0.25, 0.3) is 0 Å². The molecule has 0 atom stereocenters. The van der Waals surface area contributed by atoms with E-state index in [1.54, 1.807) is 0 Å². The zero-order valence-electron chi connectivity index (χ0n) is 13.9.